The van der Waals surface area contributed by atoms with Crippen LogP contribution < -0.4 is 4.74 Å². The summed E-state index contributed by atoms with van der Waals surface area (Å²) in [6, 6.07) is 6.43. The van der Waals surface area contributed by atoms with Crippen LogP contribution in [0.25, 0.3) is 10.9 Å². The van der Waals surface area contributed by atoms with Gasteiger partial charge in [-0.15, -0.1) is 0 Å². The first-order valence-corrected chi connectivity index (χ1v) is 8.44. The van der Waals surface area contributed by atoms with Crippen LogP contribution in [0.15, 0.2) is 24.4 Å². The van der Waals surface area contributed by atoms with Gasteiger partial charge in [0, 0.05) is 11.6 Å². The molecule has 0 saturated carbocycles. The highest BCUT2D eigenvalue weighted by atomic mass is 127. The molecule has 3 heteroatoms. The molecular weight excluding hydrogens is 361 g/mol. The first-order chi connectivity index (χ1) is 9.63. The third-order valence-corrected chi connectivity index (χ3v) is 4.09. The molecule has 0 bridgehead atoms. The molecule has 1 heterocycles. The molecule has 0 saturated heterocycles. The van der Waals surface area contributed by atoms with Crippen molar-refractivity contribution in [3.05, 3.63) is 33.5 Å². The molecule has 0 aliphatic carbocycles. The second-order valence-electron chi connectivity index (χ2n) is 5.37. The smallest absolute Gasteiger partial charge is 0.159 e. The van der Waals surface area contributed by atoms with Gasteiger partial charge < -0.3 is 4.74 Å². The molecule has 108 valence electrons. The quantitative estimate of drug-likeness (QED) is 0.495. The summed E-state index contributed by atoms with van der Waals surface area (Å²) in [5.41, 5.74) is 2.39. The van der Waals surface area contributed by atoms with E-state index in [2.05, 4.69) is 60.5 Å². The summed E-state index contributed by atoms with van der Waals surface area (Å²) in [5.74, 6) is 0.926. The van der Waals surface area contributed by atoms with Crippen LogP contribution in [-0.2, 0) is 6.42 Å². The Kier molecular flexibility index (Phi) is 5.64. The van der Waals surface area contributed by atoms with Gasteiger partial charge in [0.15, 0.2) is 5.75 Å². The van der Waals surface area contributed by atoms with Gasteiger partial charge in [-0.25, -0.2) is 0 Å². The normalized spacial score (nSPS) is 11.2. The van der Waals surface area contributed by atoms with Gasteiger partial charge in [-0.2, -0.15) is 0 Å². The molecule has 1 aromatic carbocycles. The summed E-state index contributed by atoms with van der Waals surface area (Å²) in [7, 11) is 0. The Morgan fingerprint density at radius 3 is 2.80 bits per heavy atom. The predicted molar refractivity (Wildman–Crippen MR) is 93.5 cm³/mol. The maximum atomic E-state index is 5.97. The third kappa shape index (κ3) is 3.62. The zero-order valence-corrected chi connectivity index (χ0v) is 14.6. The zero-order chi connectivity index (χ0) is 14.5. The van der Waals surface area contributed by atoms with Gasteiger partial charge in [0.05, 0.1) is 9.67 Å². The van der Waals surface area contributed by atoms with Gasteiger partial charge in [-0.1, -0.05) is 25.8 Å². The second-order valence-corrected chi connectivity index (χ2v) is 6.53. The van der Waals surface area contributed by atoms with Crippen molar-refractivity contribution in [3.8, 4) is 5.75 Å². The summed E-state index contributed by atoms with van der Waals surface area (Å²) < 4.78 is 7.13. The van der Waals surface area contributed by atoms with Crippen LogP contribution in [0.1, 0.15) is 45.6 Å². The lowest BCUT2D eigenvalue weighted by molar-refractivity contribution is 0.243. The first-order valence-electron chi connectivity index (χ1n) is 7.36. The van der Waals surface area contributed by atoms with E-state index in [4.69, 9.17) is 4.74 Å². The minimum atomic E-state index is 0.166. The Hall–Kier alpha value is -0.840. The van der Waals surface area contributed by atoms with E-state index >= 15 is 0 Å². The van der Waals surface area contributed by atoms with E-state index in [1.54, 1.807) is 0 Å². The molecule has 1 aromatic heterocycles. The number of pyridine rings is 1. The van der Waals surface area contributed by atoms with Crippen molar-refractivity contribution in [2.45, 2.75) is 52.6 Å². The molecule has 2 aromatic rings. The topological polar surface area (TPSA) is 22.1 Å². The minimum Gasteiger partial charge on any atom is -0.488 e. The van der Waals surface area contributed by atoms with Gasteiger partial charge in [0.2, 0.25) is 0 Å². The summed E-state index contributed by atoms with van der Waals surface area (Å²) in [6.07, 6.45) is 6.90. The third-order valence-electron chi connectivity index (χ3n) is 3.29. The van der Waals surface area contributed by atoms with Crippen molar-refractivity contribution in [3.63, 3.8) is 0 Å². The Morgan fingerprint density at radius 1 is 1.30 bits per heavy atom. The van der Waals surface area contributed by atoms with E-state index in [9.17, 15) is 0 Å². The molecule has 20 heavy (non-hydrogen) atoms. The van der Waals surface area contributed by atoms with Gasteiger partial charge in [0.25, 0.3) is 0 Å². The van der Waals surface area contributed by atoms with Crippen molar-refractivity contribution >= 4 is 33.5 Å². The predicted octanol–water partition coefficient (Wildman–Crippen LogP) is 5.36. The largest absolute Gasteiger partial charge is 0.488 e. The number of aryl methyl sites for hydroxylation is 1. The molecule has 0 amide bonds. The molecule has 2 nitrogen and oxygen atoms in total. The lowest BCUT2D eigenvalue weighted by atomic mass is 10.0. The van der Waals surface area contributed by atoms with Crippen molar-refractivity contribution in [1.29, 1.82) is 0 Å². The summed E-state index contributed by atoms with van der Waals surface area (Å²) in [6.45, 7) is 6.35. The number of nitrogens with zero attached hydrogens (tertiary/aromatic N) is 1. The average Bonchev–Trinajstić information content (AvgIpc) is 2.43. The molecule has 2 rings (SSSR count). The van der Waals surface area contributed by atoms with Crippen LogP contribution in [0.3, 0.4) is 0 Å². The van der Waals surface area contributed by atoms with Crippen molar-refractivity contribution in [1.82, 2.24) is 4.98 Å². The van der Waals surface area contributed by atoms with Gasteiger partial charge >= 0.3 is 0 Å². The Bertz CT molecular complexity index is 580. The number of unbranched alkanes of at least 4 members (excludes halogenated alkanes) is 2. The van der Waals surface area contributed by atoms with E-state index in [0.717, 1.165) is 21.3 Å². The van der Waals surface area contributed by atoms with E-state index in [0.29, 0.717) is 0 Å². The maximum absolute atomic E-state index is 5.97. The van der Waals surface area contributed by atoms with Crippen LogP contribution in [0, 0.1) is 3.57 Å². The first kappa shape index (κ1) is 15.5. The molecule has 0 spiro atoms. The van der Waals surface area contributed by atoms with Crippen LogP contribution in [0.2, 0.25) is 0 Å². The number of fused-ring (bicyclic) bond motifs is 1. The zero-order valence-electron chi connectivity index (χ0n) is 12.4. The van der Waals surface area contributed by atoms with E-state index < -0.39 is 0 Å². The van der Waals surface area contributed by atoms with E-state index in [-0.39, 0.29) is 6.10 Å². The number of rotatable bonds is 6. The van der Waals surface area contributed by atoms with E-state index in [1.165, 1.54) is 30.2 Å². The fraction of sp³-hybridized carbons (Fsp3) is 0.471. The van der Waals surface area contributed by atoms with Crippen LogP contribution in [0.5, 0.6) is 5.75 Å². The highest BCUT2D eigenvalue weighted by molar-refractivity contribution is 14.1. The number of hydrogen-bond acceptors (Lipinski definition) is 2. The van der Waals surface area contributed by atoms with Crippen molar-refractivity contribution in [2.24, 2.45) is 0 Å². The molecule has 0 N–H and O–H groups in total. The number of benzene rings is 1. The standard InChI is InChI=1S/C17H22INO/c1-4-5-6-8-13-11-15(18)17(20-12(2)3)16-14(13)9-7-10-19-16/h7,9-12H,4-6,8H2,1-3H3. The Balaban J connectivity index is 2.45. The Morgan fingerprint density at radius 2 is 2.10 bits per heavy atom. The van der Waals surface area contributed by atoms with Gasteiger partial charge in [-0.05, 0) is 67.0 Å². The number of hydrogen-bond donors (Lipinski definition) is 0. The molecule has 0 unspecified atom stereocenters. The van der Waals surface area contributed by atoms with Gasteiger partial charge in [0.1, 0.15) is 5.52 Å². The molecule has 0 fully saturated rings. The van der Waals surface area contributed by atoms with E-state index in [1.807, 2.05) is 12.3 Å². The molecule has 0 aliphatic rings. The summed E-state index contributed by atoms with van der Waals surface area (Å²) in [4.78, 5) is 4.55. The lowest BCUT2D eigenvalue weighted by Gasteiger charge is -2.16. The van der Waals surface area contributed by atoms with Gasteiger partial charge in [-0.3, -0.25) is 4.98 Å². The summed E-state index contributed by atoms with van der Waals surface area (Å²) >= 11 is 2.36. The van der Waals surface area contributed by atoms with Crippen molar-refractivity contribution < 1.29 is 4.74 Å². The molecule has 0 atom stereocenters. The van der Waals surface area contributed by atoms with Crippen molar-refractivity contribution in [2.75, 3.05) is 0 Å². The highest BCUT2D eigenvalue weighted by Crippen LogP contribution is 2.33. The fourth-order valence-electron chi connectivity index (χ4n) is 2.37. The highest BCUT2D eigenvalue weighted by Gasteiger charge is 2.13. The Labute approximate surface area is 135 Å². The summed E-state index contributed by atoms with van der Waals surface area (Å²) in [5, 5.41) is 1.24. The van der Waals surface area contributed by atoms with Crippen LogP contribution in [-0.4, -0.2) is 11.1 Å². The molecule has 0 radical (unpaired) electrons. The number of halogens is 1. The maximum Gasteiger partial charge on any atom is 0.159 e. The number of aromatic nitrogens is 1. The molecular formula is C17H22INO. The second kappa shape index (κ2) is 7.25. The molecule has 0 aliphatic heterocycles. The minimum absolute atomic E-state index is 0.166. The number of ether oxygens (including phenoxy) is 1. The van der Waals surface area contributed by atoms with Crippen LogP contribution >= 0.6 is 22.6 Å². The van der Waals surface area contributed by atoms with Crippen LogP contribution in [0.4, 0.5) is 0 Å². The lowest BCUT2D eigenvalue weighted by Crippen LogP contribution is -2.08. The SMILES string of the molecule is CCCCCc1cc(I)c(OC(C)C)c2ncccc12. The monoisotopic (exact) mass is 383 g/mol. The fourth-order valence-corrected chi connectivity index (χ4v) is 3.13. The average molecular weight is 383 g/mol.